The highest BCUT2D eigenvalue weighted by atomic mass is 15.1. The molecule has 0 saturated heterocycles. The highest BCUT2D eigenvalue weighted by Crippen LogP contribution is 2.21. The molecule has 2 N–H and O–H groups in total. The van der Waals surface area contributed by atoms with Crippen LogP contribution in [-0.4, -0.2) is 13.6 Å². The number of nitrogens with zero attached hydrogens (tertiary/aromatic N) is 1. The molecule has 0 radical (unpaired) electrons. The zero-order valence-electron chi connectivity index (χ0n) is 10.7. The third kappa shape index (κ3) is 3.24. The van der Waals surface area contributed by atoms with Crippen LogP contribution in [0.25, 0.3) is 0 Å². The third-order valence-corrected chi connectivity index (χ3v) is 3.31. The second-order valence-electron chi connectivity index (χ2n) is 4.40. The minimum Gasteiger partial charge on any atom is -0.374 e. The molecule has 0 fully saturated rings. The zero-order chi connectivity index (χ0) is 12.0. The first-order chi connectivity index (χ1) is 7.72. The third-order valence-electron chi connectivity index (χ3n) is 3.31. The molecule has 0 saturated carbocycles. The number of para-hydroxylation sites is 1. The average Bonchev–Trinajstić information content (AvgIpc) is 2.35. The minimum atomic E-state index is 0.615. The Bertz CT molecular complexity index is 305. The first-order valence-electron chi connectivity index (χ1n) is 6.22. The zero-order valence-corrected chi connectivity index (χ0v) is 10.7. The fraction of sp³-hybridized carbons (Fsp3) is 0.571. The number of nitrogens with two attached hydrogens (primary N) is 1. The first-order valence-corrected chi connectivity index (χ1v) is 6.22. The predicted molar refractivity (Wildman–Crippen MR) is 71.7 cm³/mol. The maximum atomic E-state index is 5.76. The van der Waals surface area contributed by atoms with Crippen LogP contribution >= 0.6 is 0 Å². The van der Waals surface area contributed by atoms with Gasteiger partial charge in [0, 0.05) is 25.8 Å². The Hall–Kier alpha value is -1.02. The van der Waals surface area contributed by atoms with Gasteiger partial charge in [-0.05, 0) is 17.5 Å². The lowest BCUT2D eigenvalue weighted by Gasteiger charge is -2.26. The summed E-state index contributed by atoms with van der Waals surface area (Å²) in [5.41, 5.74) is 8.26. The molecule has 0 aliphatic rings. The second-order valence-corrected chi connectivity index (χ2v) is 4.40. The van der Waals surface area contributed by atoms with Gasteiger partial charge in [0.1, 0.15) is 0 Å². The van der Waals surface area contributed by atoms with E-state index < -0.39 is 0 Å². The van der Waals surface area contributed by atoms with E-state index in [0.29, 0.717) is 6.54 Å². The molecule has 0 spiro atoms. The lowest BCUT2D eigenvalue weighted by Crippen LogP contribution is -2.26. The van der Waals surface area contributed by atoms with Crippen molar-refractivity contribution in [1.29, 1.82) is 0 Å². The molecule has 0 aliphatic carbocycles. The molecule has 2 heteroatoms. The molecule has 1 aromatic carbocycles. The fourth-order valence-corrected chi connectivity index (χ4v) is 2.09. The monoisotopic (exact) mass is 220 g/mol. The van der Waals surface area contributed by atoms with Crippen molar-refractivity contribution in [1.82, 2.24) is 0 Å². The Balaban J connectivity index is 2.75. The van der Waals surface area contributed by atoms with Gasteiger partial charge >= 0.3 is 0 Å². The first kappa shape index (κ1) is 13.0. The fourth-order valence-electron chi connectivity index (χ4n) is 2.09. The van der Waals surface area contributed by atoms with E-state index in [0.717, 1.165) is 12.5 Å². The van der Waals surface area contributed by atoms with Crippen LogP contribution in [0.1, 0.15) is 32.3 Å². The van der Waals surface area contributed by atoms with E-state index in [2.05, 4.69) is 50.1 Å². The summed E-state index contributed by atoms with van der Waals surface area (Å²) in [6.07, 6.45) is 2.48. The van der Waals surface area contributed by atoms with Crippen LogP contribution in [0.4, 0.5) is 5.69 Å². The largest absolute Gasteiger partial charge is 0.374 e. The van der Waals surface area contributed by atoms with E-state index in [4.69, 9.17) is 5.73 Å². The molecule has 2 nitrogen and oxygen atoms in total. The van der Waals surface area contributed by atoms with Gasteiger partial charge in [0.05, 0.1) is 0 Å². The molecular weight excluding hydrogens is 196 g/mol. The maximum absolute atomic E-state index is 5.76. The van der Waals surface area contributed by atoms with Gasteiger partial charge in [0.15, 0.2) is 0 Å². The van der Waals surface area contributed by atoms with E-state index in [-0.39, 0.29) is 0 Å². The van der Waals surface area contributed by atoms with E-state index in [1.807, 2.05) is 0 Å². The smallest absolute Gasteiger partial charge is 0.0409 e. The van der Waals surface area contributed by atoms with Crippen LogP contribution in [0.3, 0.4) is 0 Å². The standard InChI is InChI=1S/C14H24N2/c1-4-12(5-2)11-16(3)14-9-7-6-8-13(14)10-15/h6-9,12H,4-5,10-11,15H2,1-3H3. The van der Waals surface area contributed by atoms with Crippen molar-refractivity contribution in [3.8, 4) is 0 Å². The molecule has 0 amide bonds. The summed E-state index contributed by atoms with van der Waals surface area (Å²) in [7, 11) is 2.16. The lowest BCUT2D eigenvalue weighted by molar-refractivity contribution is 0.493. The molecule has 0 heterocycles. The number of hydrogen-bond acceptors (Lipinski definition) is 2. The van der Waals surface area contributed by atoms with E-state index in [9.17, 15) is 0 Å². The Morgan fingerprint density at radius 2 is 1.81 bits per heavy atom. The summed E-state index contributed by atoms with van der Waals surface area (Å²) in [5, 5.41) is 0. The van der Waals surface area contributed by atoms with Crippen molar-refractivity contribution >= 4 is 5.69 Å². The molecule has 0 aliphatic heterocycles. The lowest BCUT2D eigenvalue weighted by atomic mass is 10.0. The SMILES string of the molecule is CCC(CC)CN(C)c1ccccc1CN. The predicted octanol–water partition coefficient (Wildman–Crippen LogP) is 3.02. The van der Waals surface area contributed by atoms with Crippen LogP contribution in [0.5, 0.6) is 0 Å². The van der Waals surface area contributed by atoms with Crippen LogP contribution < -0.4 is 10.6 Å². The Morgan fingerprint density at radius 3 is 2.38 bits per heavy atom. The number of anilines is 1. The molecular formula is C14H24N2. The van der Waals surface area contributed by atoms with Crippen molar-refractivity contribution in [2.45, 2.75) is 33.2 Å². The van der Waals surface area contributed by atoms with Gasteiger partial charge in [0.2, 0.25) is 0 Å². The van der Waals surface area contributed by atoms with Gasteiger partial charge in [-0.15, -0.1) is 0 Å². The summed E-state index contributed by atoms with van der Waals surface area (Å²) in [6, 6.07) is 8.40. The molecule has 90 valence electrons. The number of rotatable bonds is 6. The van der Waals surface area contributed by atoms with Crippen LogP contribution in [0.2, 0.25) is 0 Å². The highest BCUT2D eigenvalue weighted by Gasteiger charge is 2.10. The molecule has 0 atom stereocenters. The second kappa shape index (κ2) is 6.54. The molecule has 1 rings (SSSR count). The molecule has 0 aromatic heterocycles. The van der Waals surface area contributed by atoms with Gasteiger partial charge in [-0.3, -0.25) is 0 Å². The van der Waals surface area contributed by atoms with Gasteiger partial charge in [-0.1, -0.05) is 44.9 Å². The van der Waals surface area contributed by atoms with Gasteiger partial charge in [-0.2, -0.15) is 0 Å². The highest BCUT2D eigenvalue weighted by molar-refractivity contribution is 5.52. The van der Waals surface area contributed by atoms with Crippen molar-refractivity contribution in [2.75, 3.05) is 18.5 Å². The average molecular weight is 220 g/mol. The van der Waals surface area contributed by atoms with Crippen molar-refractivity contribution in [2.24, 2.45) is 11.7 Å². The van der Waals surface area contributed by atoms with Gasteiger partial charge < -0.3 is 10.6 Å². The topological polar surface area (TPSA) is 29.3 Å². The molecule has 1 aromatic rings. The Morgan fingerprint density at radius 1 is 1.19 bits per heavy atom. The summed E-state index contributed by atoms with van der Waals surface area (Å²) >= 11 is 0. The Labute approximate surface area is 99.5 Å². The maximum Gasteiger partial charge on any atom is 0.0409 e. The molecule has 16 heavy (non-hydrogen) atoms. The summed E-state index contributed by atoms with van der Waals surface area (Å²) in [6.45, 7) is 6.25. The normalized spacial score (nSPS) is 10.8. The van der Waals surface area contributed by atoms with Crippen molar-refractivity contribution in [3.63, 3.8) is 0 Å². The molecule has 0 bridgehead atoms. The van der Waals surface area contributed by atoms with Gasteiger partial charge in [-0.25, -0.2) is 0 Å². The van der Waals surface area contributed by atoms with Gasteiger partial charge in [0.25, 0.3) is 0 Å². The van der Waals surface area contributed by atoms with Crippen LogP contribution in [0, 0.1) is 5.92 Å². The summed E-state index contributed by atoms with van der Waals surface area (Å²) in [5.74, 6) is 0.774. The van der Waals surface area contributed by atoms with E-state index >= 15 is 0 Å². The van der Waals surface area contributed by atoms with Crippen molar-refractivity contribution in [3.05, 3.63) is 29.8 Å². The van der Waals surface area contributed by atoms with Crippen LogP contribution in [-0.2, 0) is 6.54 Å². The number of benzene rings is 1. The molecule has 0 unspecified atom stereocenters. The quantitative estimate of drug-likeness (QED) is 0.798. The summed E-state index contributed by atoms with van der Waals surface area (Å²) in [4.78, 5) is 2.33. The van der Waals surface area contributed by atoms with E-state index in [1.54, 1.807) is 0 Å². The van der Waals surface area contributed by atoms with Crippen molar-refractivity contribution < 1.29 is 0 Å². The van der Waals surface area contributed by atoms with Crippen LogP contribution in [0.15, 0.2) is 24.3 Å². The Kier molecular flexibility index (Phi) is 5.33. The summed E-state index contributed by atoms with van der Waals surface area (Å²) < 4.78 is 0. The number of hydrogen-bond donors (Lipinski definition) is 1. The van der Waals surface area contributed by atoms with E-state index in [1.165, 1.54) is 24.1 Å². The minimum absolute atomic E-state index is 0.615.